The van der Waals surface area contributed by atoms with E-state index in [9.17, 15) is 43.2 Å². The molecule has 0 aromatic carbocycles. The Morgan fingerprint density at radius 2 is 0.436 bits per heavy atom. The molecule has 0 radical (unpaired) electrons. The predicted octanol–water partition coefficient (Wildman–Crippen LogP) is 27.9. The van der Waals surface area contributed by atoms with Crippen LogP contribution in [0.25, 0.3) is 0 Å². The summed E-state index contributed by atoms with van der Waals surface area (Å²) >= 11 is 0. The maximum Gasteiger partial charge on any atom is 0.472 e. The molecule has 0 aromatic rings. The molecule has 0 fully saturated rings. The number of hydrogen-bond donors (Lipinski definition) is 3. The van der Waals surface area contributed by atoms with E-state index in [1.807, 2.05) is 0 Å². The van der Waals surface area contributed by atoms with Crippen molar-refractivity contribution in [2.45, 2.75) is 497 Å². The number of carbonyl (C=O) groups excluding carboxylic acids is 4. The van der Waals surface area contributed by atoms with Crippen LogP contribution in [0.5, 0.6) is 0 Å². The first-order chi connectivity index (χ1) is 53.1. The average Bonchev–Trinajstić information content (AvgIpc) is 0.901. The van der Waals surface area contributed by atoms with Crippen LogP contribution >= 0.6 is 15.6 Å². The number of ether oxygens (including phenoxy) is 4. The first-order valence-corrected chi connectivity index (χ1v) is 49.7. The third kappa shape index (κ3) is 82.6. The van der Waals surface area contributed by atoms with E-state index >= 15 is 0 Å². The molecule has 6 atom stereocenters. The Labute approximate surface area is 677 Å². The lowest BCUT2D eigenvalue weighted by molar-refractivity contribution is -0.161. The quantitative estimate of drug-likeness (QED) is 0.0222. The van der Waals surface area contributed by atoms with Crippen molar-refractivity contribution in [2.24, 2.45) is 23.7 Å². The summed E-state index contributed by atoms with van der Waals surface area (Å²) in [6.07, 6.45) is 70.8. The van der Waals surface area contributed by atoms with Crippen molar-refractivity contribution in [3.05, 3.63) is 0 Å². The fourth-order valence-electron chi connectivity index (χ4n) is 14.2. The zero-order chi connectivity index (χ0) is 80.9. The molecular formula is C91H178O17P2. The smallest absolute Gasteiger partial charge is 0.462 e. The number of esters is 4. The lowest BCUT2D eigenvalue weighted by Gasteiger charge is -2.21. The lowest BCUT2D eigenvalue weighted by atomic mass is 9.99. The second kappa shape index (κ2) is 79.5. The number of phosphoric ester groups is 2. The summed E-state index contributed by atoms with van der Waals surface area (Å²) in [6, 6.07) is 0. The summed E-state index contributed by atoms with van der Waals surface area (Å²) in [6.45, 7) is 14.4. The molecule has 0 heterocycles. The van der Waals surface area contributed by atoms with Gasteiger partial charge in [-0.25, -0.2) is 9.13 Å². The van der Waals surface area contributed by atoms with Crippen molar-refractivity contribution < 1.29 is 80.2 Å². The van der Waals surface area contributed by atoms with E-state index in [-0.39, 0.29) is 25.7 Å². The van der Waals surface area contributed by atoms with Crippen LogP contribution in [0.3, 0.4) is 0 Å². The third-order valence-electron chi connectivity index (χ3n) is 21.7. The van der Waals surface area contributed by atoms with Gasteiger partial charge in [0.15, 0.2) is 12.2 Å². The maximum atomic E-state index is 13.2. The van der Waals surface area contributed by atoms with E-state index < -0.39 is 97.5 Å². The number of aliphatic hydroxyl groups excluding tert-OH is 1. The summed E-state index contributed by atoms with van der Waals surface area (Å²) in [7, 11) is -9.94. The molecule has 0 saturated carbocycles. The Bertz CT molecular complexity index is 2130. The van der Waals surface area contributed by atoms with E-state index in [1.165, 1.54) is 283 Å². The highest BCUT2D eigenvalue weighted by Crippen LogP contribution is 2.45. The van der Waals surface area contributed by atoms with Gasteiger partial charge in [0, 0.05) is 25.7 Å². The van der Waals surface area contributed by atoms with E-state index in [2.05, 4.69) is 55.4 Å². The van der Waals surface area contributed by atoms with Gasteiger partial charge < -0.3 is 33.8 Å². The summed E-state index contributed by atoms with van der Waals surface area (Å²) in [5, 5.41) is 10.7. The van der Waals surface area contributed by atoms with Gasteiger partial charge in [-0.15, -0.1) is 0 Å². The first-order valence-electron chi connectivity index (χ1n) is 46.7. The minimum Gasteiger partial charge on any atom is -0.462 e. The van der Waals surface area contributed by atoms with E-state index in [0.29, 0.717) is 25.7 Å². The van der Waals surface area contributed by atoms with Crippen molar-refractivity contribution in [2.75, 3.05) is 39.6 Å². The molecular weight excluding hydrogens is 1430 g/mol. The van der Waals surface area contributed by atoms with Crippen LogP contribution in [0.4, 0.5) is 0 Å². The van der Waals surface area contributed by atoms with Crippen molar-refractivity contribution in [3.63, 3.8) is 0 Å². The Hall–Kier alpha value is -1.94. The number of aliphatic hydroxyl groups is 1. The van der Waals surface area contributed by atoms with Crippen molar-refractivity contribution in [1.82, 2.24) is 0 Å². The molecule has 3 unspecified atom stereocenters. The van der Waals surface area contributed by atoms with Crippen LogP contribution in [-0.2, 0) is 65.4 Å². The minimum atomic E-state index is -4.97. The van der Waals surface area contributed by atoms with Gasteiger partial charge in [0.05, 0.1) is 26.4 Å². The molecule has 0 aromatic heterocycles. The third-order valence-corrected chi connectivity index (χ3v) is 23.6. The summed E-state index contributed by atoms with van der Waals surface area (Å²) in [5.41, 5.74) is 0. The van der Waals surface area contributed by atoms with Crippen LogP contribution in [0.2, 0.25) is 0 Å². The largest absolute Gasteiger partial charge is 0.472 e. The molecule has 0 aliphatic heterocycles. The Balaban J connectivity index is 5.25. The fourth-order valence-corrected chi connectivity index (χ4v) is 15.7. The number of unbranched alkanes of at least 4 members (excludes halogenated alkanes) is 53. The van der Waals surface area contributed by atoms with Gasteiger partial charge in [-0.2, -0.15) is 0 Å². The van der Waals surface area contributed by atoms with E-state index in [0.717, 1.165) is 114 Å². The highest BCUT2D eigenvalue weighted by molar-refractivity contribution is 7.47. The number of rotatable bonds is 88. The topological polar surface area (TPSA) is 237 Å². The van der Waals surface area contributed by atoms with E-state index in [1.54, 1.807) is 0 Å². The second-order valence-electron chi connectivity index (χ2n) is 34.4. The van der Waals surface area contributed by atoms with E-state index in [4.69, 9.17) is 37.0 Å². The zero-order valence-electron chi connectivity index (χ0n) is 72.9. The molecule has 0 saturated heterocycles. The molecule has 0 bridgehead atoms. The first kappa shape index (κ1) is 108. The average molecular weight is 1610 g/mol. The van der Waals surface area contributed by atoms with Gasteiger partial charge in [-0.1, -0.05) is 428 Å². The van der Waals surface area contributed by atoms with Crippen LogP contribution < -0.4 is 0 Å². The molecule has 0 amide bonds. The number of carbonyl (C=O) groups is 4. The standard InChI is InChI=1S/C91H178O17P2/c1-9-84(8)70-62-54-46-38-30-24-18-12-10-11-13-19-26-32-40-49-57-65-73-90(95)107-86(77-101-88(93)71-63-55-47-39-31-25-20-14-16-22-28-35-43-51-59-67-81(2)3)79-105-109(97,98)103-75-85(92)76-104-110(99,100)106-80-87(78-102-89(94)72-64-56-48-42-34-37-45-53-61-69-83(6)7)108-91(96)74-66-58-50-41-33-27-21-15-17-23-29-36-44-52-60-68-82(4)5/h81-87,92H,9-80H2,1-8H3,(H,97,98)(H,99,100)/t84?,85-,86-,87-/m1/s1. The normalized spacial score (nSPS) is 14.1. The minimum absolute atomic E-state index is 0.107. The second-order valence-corrected chi connectivity index (χ2v) is 37.3. The number of phosphoric acid groups is 2. The molecule has 654 valence electrons. The van der Waals surface area contributed by atoms with Gasteiger partial charge in [0.2, 0.25) is 0 Å². The fraction of sp³-hybridized carbons (Fsp3) is 0.956. The van der Waals surface area contributed by atoms with Gasteiger partial charge in [0.1, 0.15) is 19.3 Å². The van der Waals surface area contributed by atoms with Crippen LogP contribution in [0.1, 0.15) is 479 Å². The Kier molecular flexibility index (Phi) is 78.1. The highest BCUT2D eigenvalue weighted by Gasteiger charge is 2.31. The van der Waals surface area contributed by atoms with Gasteiger partial charge in [-0.05, 0) is 49.4 Å². The van der Waals surface area contributed by atoms with Crippen LogP contribution in [-0.4, -0.2) is 96.7 Å². The van der Waals surface area contributed by atoms with Gasteiger partial charge >= 0.3 is 39.5 Å². The van der Waals surface area contributed by atoms with Gasteiger partial charge in [0.25, 0.3) is 0 Å². The molecule has 0 aliphatic carbocycles. The Morgan fingerprint density at radius 3 is 0.645 bits per heavy atom. The molecule has 0 rings (SSSR count). The Morgan fingerprint density at radius 1 is 0.255 bits per heavy atom. The molecule has 3 N–H and O–H groups in total. The molecule has 0 spiro atoms. The summed E-state index contributed by atoms with van der Waals surface area (Å²) in [4.78, 5) is 73.4. The summed E-state index contributed by atoms with van der Waals surface area (Å²) < 4.78 is 69.1. The lowest BCUT2D eigenvalue weighted by Crippen LogP contribution is -2.30. The van der Waals surface area contributed by atoms with Crippen LogP contribution in [0.15, 0.2) is 0 Å². The molecule has 0 aliphatic rings. The van der Waals surface area contributed by atoms with Gasteiger partial charge in [-0.3, -0.25) is 37.3 Å². The molecule has 110 heavy (non-hydrogen) atoms. The number of hydrogen-bond acceptors (Lipinski definition) is 15. The molecule has 19 heteroatoms. The monoisotopic (exact) mass is 1610 g/mol. The zero-order valence-corrected chi connectivity index (χ0v) is 74.7. The maximum absolute atomic E-state index is 13.2. The summed E-state index contributed by atoms with van der Waals surface area (Å²) in [5.74, 6) is 1.12. The highest BCUT2D eigenvalue weighted by atomic mass is 31.2. The molecule has 17 nitrogen and oxygen atoms in total. The van der Waals surface area contributed by atoms with Crippen molar-refractivity contribution >= 4 is 39.5 Å². The van der Waals surface area contributed by atoms with Crippen molar-refractivity contribution in [1.29, 1.82) is 0 Å². The van der Waals surface area contributed by atoms with Crippen molar-refractivity contribution in [3.8, 4) is 0 Å². The van der Waals surface area contributed by atoms with Crippen LogP contribution in [0, 0.1) is 23.7 Å². The predicted molar refractivity (Wildman–Crippen MR) is 455 cm³/mol. The SMILES string of the molecule is CCC(C)CCCCCCCCCCCCCCCCCCCCC(=O)O[C@H](COC(=O)CCCCCCCCCCCCCCCCCC(C)C)COP(=O)(O)OC[C@@H](O)COP(=O)(O)OC[C@@H](COC(=O)CCCCCCCCCCCC(C)C)OC(=O)CCCCCCCCCCCCCCCCCC(C)C.